The molecule has 1 fully saturated rings. The van der Waals surface area contributed by atoms with Gasteiger partial charge >= 0.3 is 0 Å². The molecule has 0 saturated carbocycles. The second kappa shape index (κ2) is 10.2. The minimum atomic E-state index is -3.69. The van der Waals surface area contributed by atoms with Gasteiger partial charge in [-0.2, -0.15) is 9.29 Å². The first-order valence-corrected chi connectivity index (χ1v) is 14.2. The zero-order valence-corrected chi connectivity index (χ0v) is 22.1. The van der Waals surface area contributed by atoms with Gasteiger partial charge in [0.2, 0.25) is 27.7 Å². The molecule has 0 unspecified atom stereocenters. The van der Waals surface area contributed by atoms with E-state index in [0.29, 0.717) is 55.7 Å². The van der Waals surface area contributed by atoms with Gasteiger partial charge in [0, 0.05) is 31.6 Å². The number of nitrogens with one attached hydrogen (secondary N) is 1. The molecule has 0 atom stereocenters. The summed E-state index contributed by atoms with van der Waals surface area (Å²) in [6, 6.07) is 21.0. The Labute approximate surface area is 225 Å². The van der Waals surface area contributed by atoms with E-state index in [9.17, 15) is 12.8 Å². The Morgan fingerprint density at radius 3 is 2.51 bits per heavy atom. The number of imidazole rings is 1. The average molecular weight is 547 g/mol. The molecule has 1 N–H and O–H groups in total. The van der Waals surface area contributed by atoms with Crippen LogP contribution in [0, 0.1) is 12.7 Å². The average Bonchev–Trinajstić information content (AvgIpc) is 3.54. The maximum absolute atomic E-state index is 13.4. The van der Waals surface area contributed by atoms with Gasteiger partial charge in [0.25, 0.3) is 0 Å². The second-order valence-electron chi connectivity index (χ2n) is 9.62. The van der Waals surface area contributed by atoms with E-state index in [-0.39, 0.29) is 16.8 Å². The highest BCUT2D eigenvalue weighted by Crippen LogP contribution is 2.27. The quantitative estimate of drug-likeness (QED) is 0.311. The number of fused-ring (bicyclic) bond motifs is 1. The van der Waals surface area contributed by atoms with Crippen LogP contribution in [0.15, 0.2) is 82.2 Å². The van der Waals surface area contributed by atoms with Crippen LogP contribution >= 0.6 is 0 Å². The number of piperidine rings is 1. The number of aryl methyl sites for hydroxylation is 1. The molecule has 2 aromatic heterocycles. The normalized spacial score (nSPS) is 15.1. The fraction of sp³-hybridized carbons (Fsp3) is 0.250. The second-order valence-corrected chi connectivity index (χ2v) is 11.6. The van der Waals surface area contributed by atoms with Crippen molar-refractivity contribution in [1.82, 2.24) is 24.0 Å². The van der Waals surface area contributed by atoms with Crippen LogP contribution in [0.3, 0.4) is 0 Å². The van der Waals surface area contributed by atoms with Crippen LogP contribution in [0.1, 0.15) is 24.3 Å². The molecular weight excluding hydrogens is 519 g/mol. The maximum Gasteiger partial charge on any atom is 0.243 e. The number of anilines is 1. The van der Waals surface area contributed by atoms with Crippen LogP contribution in [-0.2, 0) is 16.6 Å². The molecule has 1 aliphatic rings. The molecule has 0 spiro atoms. The van der Waals surface area contributed by atoms with Gasteiger partial charge in [0.15, 0.2) is 0 Å². The van der Waals surface area contributed by atoms with Crippen LogP contribution in [0.2, 0.25) is 0 Å². The van der Waals surface area contributed by atoms with E-state index in [2.05, 4.69) is 20.0 Å². The number of rotatable bonds is 7. The minimum absolute atomic E-state index is 0.0499. The van der Waals surface area contributed by atoms with Gasteiger partial charge in [-0.1, -0.05) is 41.6 Å². The molecule has 5 aromatic rings. The first-order valence-electron chi connectivity index (χ1n) is 12.7. The molecule has 0 amide bonds. The molecule has 3 aromatic carbocycles. The van der Waals surface area contributed by atoms with Crippen molar-refractivity contribution >= 4 is 27.0 Å². The number of halogens is 1. The van der Waals surface area contributed by atoms with Crippen LogP contribution in [-0.4, -0.2) is 51.5 Å². The molecule has 0 radical (unpaired) electrons. The lowest BCUT2D eigenvalue weighted by Crippen LogP contribution is -2.42. The Bertz CT molecular complexity index is 1720. The minimum Gasteiger partial charge on any atom is -0.353 e. The fourth-order valence-electron chi connectivity index (χ4n) is 4.90. The lowest BCUT2D eigenvalue weighted by molar-refractivity contribution is 0.329. The van der Waals surface area contributed by atoms with Crippen molar-refractivity contribution in [3.63, 3.8) is 0 Å². The molecule has 0 bridgehead atoms. The van der Waals surface area contributed by atoms with Crippen LogP contribution in [0.25, 0.3) is 22.4 Å². The molecule has 39 heavy (non-hydrogen) atoms. The van der Waals surface area contributed by atoms with Crippen molar-refractivity contribution in [2.45, 2.75) is 37.2 Å². The van der Waals surface area contributed by atoms with E-state index in [1.54, 1.807) is 43.3 Å². The lowest BCUT2D eigenvalue weighted by atomic mass is 10.1. The van der Waals surface area contributed by atoms with Gasteiger partial charge in [-0.15, -0.1) is 0 Å². The topological polar surface area (TPSA) is 106 Å². The van der Waals surface area contributed by atoms with Crippen LogP contribution in [0.5, 0.6) is 0 Å². The van der Waals surface area contributed by atoms with Crippen molar-refractivity contribution in [3.05, 3.63) is 90.1 Å². The Balaban J connectivity index is 1.17. The lowest BCUT2D eigenvalue weighted by Gasteiger charge is -2.32. The van der Waals surface area contributed by atoms with E-state index in [1.165, 1.54) is 16.4 Å². The number of sulfonamides is 1. The molecule has 200 valence electrons. The Hall–Kier alpha value is -4.09. The zero-order valence-electron chi connectivity index (χ0n) is 21.3. The predicted molar refractivity (Wildman–Crippen MR) is 145 cm³/mol. The van der Waals surface area contributed by atoms with Crippen molar-refractivity contribution < 1.29 is 17.3 Å². The van der Waals surface area contributed by atoms with Crippen molar-refractivity contribution in [1.29, 1.82) is 0 Å². The standard InChI is InChI=1S/C28H27FN6O3S/c1-19-30-27(33-38-19)21-5-4-6-24(17-21)39(36,37)34-15-13-23(14-16-34)31-28-32-25-7-2-3-8-26(25)35(28)18-20-9-11-22(29)12-10-20/h2-12,17,23H,13-16,18H2,1H3,(H,31,32). The van der Waals surface area contributed by atoms with Gasteiger partial charge < -0.3 is 14.4 Å². The highest BCUT2D eigenvalue weighted by Gasteiger charge is 2.30. The molecule has 6 rings (SSSR count). The zero-order chi connectivity index (χ0) is 27.0. The summed E-state index contributed by atoms with van der Waals surface area (Å²) in [5, 5.41) is 7.44. The van der Waals surface area contributed by atoms with Crippen molar-refractivity contribution in [2.75, 3.05) is 18.4 Å². The van der Waals surface area contributed by atoms with E-state index >= 15 is 0 Å². The third-order valence-electron chi connectivity index (χ3n) is 6.95. The molecule has 11 heteroatoms. The van der Waals surface area contributed by atoms with Gasteiger partial charge in [-0.3, -0.25) is 0 Å². The van der Waals surface area contributed by atoms with Crippen molar-refractivity contribution in [3.8, 4) is 11.4 Å². The highest BCUT2D eigenvalue weighted by molar-refractivity contribution is 7.89. The number of aromatic nitrogens is 4. The summed E-state index contributed by atoms with van der Waals surface area (Å²) in [6.07, 6.45) is 1.26. The highest BCUT2D eigenvalue weighted by atomic mass is 32.2. The van der Waals surface area contributed by atoms with E-state index in [1.807, 2.05) is 24.3 Å². The molecule has 1 aliphatic heterocycles. The number of hydrogen-bond donors (Lipinski definition) is 1. The number of nitrogens with zero attached hydrogens (tertiary/aromatic N) is 5. The van der Waals surface area contributed by atoms with Gasteiger partial charge in [0.1, 0.15) is 5.82 Å². The molecule has 1 saturated heterocycles. The SMILES string of the molecule is Cc1nc(-c2cccc(S(=O)(=O)N3CCC(Nc4nc5ccccc5n4Cc4ccc(F)cc4)CC3)c2)no1. The van der Waals surface area contributed by atoms with E-state index in [0.717, 1.165) is 16.6 Å². The predicted octanol–water partition coefficient (Wildman–Crippen LogP) is 4.85. The van der Waals surface area contributed by atoms with Gasteiger partial charge in [0.05, 0.1) is 22.5 Å². The third kappa shape index (κ3) is 5.15. The number of benzene rings is 3. The summed E-state index contributed by atoms with van der Waals surface area (Å²) in [7, 11) is -3.69. The summed E-state index contributed by atoms with van der Waals surface area (Å²) in [5.41, 5.74) is 3.38. The summed E-state index contributed by atoms with van der Waals surface area (Å²) in [5.74, 6) is 1.21. The molecule has 9 nitrogen and oxygen atoms in total. The first kappa shape index (κ1) is 25.2. The third-order valence-corrected chi connectivity index (χ3v) is 8.85. The summed E-state index contributed by atoms with van der Waals surface area (Å²) in [4.78, 5) is 9.21. The van der Waals surface area contributed by atoms with Gasteiger partial charge in [-0.25, -0.2) is 17.8 Å². The Kier molecular flexibility index (Phi) is 6.61. The van der Waals surface area contributed by atoms with E-state index in [4.69, 9.17) is 9.51 Å². The summed E-state index contributed by atoms with van der Waals surface area (Å²) < 4.78 is 49.0. The van der Waals surface area contributed by atoms with Crippen molar-refractivity contribution in [2.24, 2.45) is 0 Å². The maximum atomic E-state index is 13.4. The molecule has 3 heterocycles. The molecular formula is C28H27FN6O3S. The Morgan fingerprint density at radius 2 is 1.77 bits per heavy atom. The van der Waals surface area contributed by atoms with Crippen LogP contribution < -0.4 is 5.32 Å². The fourth-order valence-corrected chi connectivity index (χ4v) is 6.42. The number of para-hydroxylation sites is 2. The van der Waals surface area contributed by atoms with Crippen LogP contribution in [0.4, 0.5) is 10.3 Å². The smallest absolute Gasteiger partial charge is 0.243 e. The van der Waals surface area contributed by atoms with E-state index < -0.39 is 10.0 Å². The largest absolute Gasteiger partial charge is 0.353 e. The molecule has 0 aliphatic carbocycles. The first-order chi connectivity index (χ1) is 18.9. The summed E-state index contributed by atoms with van der Waals surface area (Å²) in [6.45, 7) is 2.98. The number of hydrogen-bond acceptors (Lipinski definition) is 7. The monoisotopic (exact) mass is 546 g/mol. The Morgan fingerprint density at radius 1 is 1.00 bits per heavy atom. The van der Waals surface area contributed by atoms with Gasteiger partial charge in [-0.05, 0) is 54.8 Å². The summed E-state index contributed by atoms with van der Waals surface area (Å²) >= 11 is 0.